The summed E-state index contributed by atoms with van der Waals surface area (Å²) in [6, 6.07) is 11.5. The molecule has 1 aliphatic rings. The van der Waals surface area contributed by atoms with Crippen molar-refractivity contribution in [3.63, 3.8) is 0 Å². The summed E-state index contributed by atoms with van der Waals surface area (Å²) in [5, 5.41) is 11.7. The molecule has 6 nitrogen and oxygen atoms in total. The van der Waals surface area contributed by atoms with Crippen LogP contribution in [0.5, 0.6) is 5.75 Å². The predicted molar refractivity (Wildman–Crippen MR) is 121 cm³/mol. The molecular formula is C24H27ClN2O4. The van der Waals surface area contributed by atoms with E-state index in [0.29, 0.717) is 29.3 Å². The number of aryl methyl sites for hydroxylation is 1. The molecule has 1 saturated heterocycles. The summed E-state index contributed by atoms with van der Waals surface area (Å²) in [5.74, 6) is -0.829. The first kappa shape index (κ1) is 22.8. The van der Waals surface area contributed by atoms with Gasteiger partial charge in [0.2, 0.25) is 0 Å². The average molecular weight is 443 g/mol. The van der Waals surface area contributed by atoms with Gasteiger partial charge in [0.25, 0.3) is 11.7 Å². The standard InChI is InChI=1S/C24H27ClN2O4/c1-15-14-18(31-4)10-11-19(15)22(28)20-21(16-6-8-17(25)9-7-16)27(24(30)23(20)29)13-5-12-26(2)3/h6-11,14,21,28H,5,12-13H2,1-4H3/b22-20+. The van der Waals surface area contributed by atoms with E-state index in [2.05, 4.69) is 0 Å². The molecule has 1 atom stereocenters. The predicted octanol–water partition coefficient (Wildman–Crippen LogP) is 4.03. The van der Waals surface area contributed by atoms with Crippen molar-refractivity contribution in [2.24, 2.45) is 0 Å². The topological polar surface area (TPSA) is 70.1 Å². The van der Waals surface area contributed by atoms with Crippen LogP contribution in [0, 0.1) is 6.92 Å². The molecule has 1 unspecified atom stereocenters. The number of likely N-dealkylation sites (tertiary alicyclic amines) is 1. The number of ketones is 1. The second kappa shape index (κ2) is 9.54. The van der Waals surface area contributed by atoms with Crippen molar-refractivity contribution >= 4 is 29.1 Å². The first-order chi connectivity index (χ1) is 14.7. The van der Waals surface area contributed by atoms with Gasteiger partial charge in [0.15, 0.2) is 0 Å². The van der Waals surface area contributed by atoms with Gasteiger partial charge in [0.1, 0.15) is 11.5 Å². The van der Waals surface area contributed by atoms with Gasteiger partial charge in [-0.15, -0.1) is 0 Å². The summed E-state index contributed by atoms with van der Waals surface area (Å²) < 4.78 is 5.23. The van der Waals surface area contributed by atoms with Crippen LogP contribution in [0.15, 0.2) is 48.0 Å². The molecule has 164 valence electrons. The Morgan fingerprint density at radius 2 is 1.84 bits per heavy atom. The van der Waals surface area contributed by atoms with Gasteiger partial charge in [0, 0.05) is 17.1 Å². The van der Waals surface area contributed by atoms with E-state index in [1.165, 1.54) is 0 Å². The number of hydrogen-bond acceptors (Lipinski definition) is 5. The summed E-state index contributed by atoms with van der Waals surface area (Å²) >= 11 is 6.05. The van der Waals surface area contributed by atoms with E-state index < -0.39 is 17.7 Å². The maximum Gasteiger partial charge on any atom is 0.295 e. The lowest BCUT2D eigenvalue weighted by atomic mass is 9.94. The van der Waals surface area contributed by atoms with Crippen LogP contribution in [0.1, 0.15) is 29.2 Å². The minimum atomic E-state index is -0.683. The van der Waals surface area contributed by atoms with Gasteiger partial charge in [-0.05, 0) is 75.4 Å². The minimum Gasteiger partial charge on any atom is -0.507 e. The maximum atomic E-state index is 13.0. The number of amides is 1. The molecule has 7 heteroatoms. The average Bonchev–Trinajstić information content (AvgIpc) is 2.98. The third-order valence-corrected chi connectivity index (χ3v) is 5.67. The van der Waals surface area contributed by atoms with E-state index in [-0.39, 0.29) is 11.3 Å². The second-order valence-electron chi connectivity index (χ2n) is 7.88. The molecule has 1 heterocycles. The van der Waals surface area contributed by atoms with Crippen LogP contribution in [0.25, 0.3) is 5.76 Å². The van der Waals surface area contributed by atoms with Gasteiger partial charge in [-0.25, -0.2) is 0 Å². The van der Waals surface area contributed by atoms with Crippen LogP contribution >= 0.6 is 11.6 Å². The molecule has 1 fully saturated rings. The van der Waals surface area contributed by atoms with Gasteiger partial charge in [0.05, 0.1) is 18.7 Å². The highest BCUT2D eigenvalue weighted by Crippen LogP contribution is 2.40. The van der Waals surface area contributed by atoms with Crippen LogP contribution in [0.3, 0.4) is 0 Å². The van der Waals surface area contributed by atoms with E-state index in [1.807, 2.05) is 25.9 Å². The van der Waals surface area contributed by atoms with E-state index in [0.717, 1.165) is 17.7 Å². The summed E-state index contributed by atoms with van der Waals surface area (Å²) in [5.41, 5.74) is 2.04. The zero-order chi connectivity index (χ0) is 22.7. The zero-order valence-corrected chi connectivity index (χ0v) is 18.9. The Hall–Kier alpha value is -2.83. The summed E-state index contributed by atoms with van der Waals surface area (Å²) in [6.07, 6.45) is 0.700. The molecular weight excluding hydrogens is 416 g/mol. The molecule has 1 aliphatic heterocycles. The lowest BCUT2D eigenvalue weighted by Gasteiger charge is -2.26. The van der Waals surface area contributed by atoms with Crippen molar-refractivity contribution in [1.29, 1.82) is 0 Å². The molecule has 0 aliphatic carbocycles. The Kier molecular flexibility index (Phi) is 7.03. The number of carbonyl (C=O) groups excluding carboxylic acids is 2. The summed E-state index contributed by atoms with van der Waals surface area (Å²) in [4.78, 5) is 29.5. The smallest absolute Gasteiger partial charge is 0.295 e. The van der Waals surface area contributed by atoms with E-state index in [9.17, 15) is 14.7 Å². The highest BCUT2D eigenvalue weighted by atomic mass is 35.5. The number of ether oxygens (including phenoxy) is 1. The Bertz CT molecular complexity index is 1010. The molecule has 1 amide bonds. The number of carbonyl (C=O) groups is 2. The maximum absolute atomic E-state index is 13.0. The van der Waals surface area contributed by atoms with Crippen LogP contribution in [-0.2, 0) is 9.59 Å². The molecule has 31 heavy (non-hydrogen) atoms. The second-order valence-corrected chi connectivity index (χ2v) is 8.32. The first-order valence-electron chi connectivity index (χ1n) is 10.1. The van der Waals surface area contributed by atoms with Crippen molar-refractivity contribution in [2.45, 2.75) is 19.4 Å². The highest BCUT2D eigenvalue weighted by molar-refractivity contribution is 6.46. The van der Waals surface area contributed by atoms with Gasteiger partial charge in [-0.3, -0.25) is 9.59 Å². The molecule has 0 saturated carbocycles. The Balaban J connectivity index is 2.11. The summed E-state index contributed by atoms with van der Waals surface area (Å²) in [6.45, 7) is 2.99. The number of hydrogen-bond donors (Lipinski definition) is 1. The lowest BCUT2D eigenvalue weighted by Crippen LogP contribution is -2.32. The Morgan fingerprint density at radius 1 is 1.16 bits per heavy atom. The molecule has 3 rings (SSSR count). The quantitative estimate of drug-likeness (QED) is 0.398. The third kappa shape index (κ3) is 4.75. The fourth-order valence-electron chi connectivity index (χ4n) is 3.83. The first-order valence-corrected chi connectivity index (χ1v) is 10.5. The third-order valence-electron chi connectivity index (χ3n) is 5.42. The molecule has 1 N–H and O–H groups in total. The number of nitrogens with zero attached hydrogens (tertiary/aromatic N) is 2. The molecule has 0 radical (unpaired) electrons. The van der Waals surface area contributed by atoms with E-state index in [4.69, 9.17) is 16.3 Å². The Labute approximate surface area is 187 Å². The molecule has 2 aromatic rings. The zero-order valence-electron chi connectivity index (χ0n) is 18.2. The largest absolute Gasteiger partial charge is 0.507 e. The number of Topliss-reactive ketones (excluding diaryl/α,β-unsaturated/α-hetero) is 1. The SMILES string of the molecule is COc1ccc(/C(O)=C2\C(=O)C(=O)N(CCCN(C)C)C2c2ccc(Cl)cc2)c(C)c1. The fraction of sp³-hybridized carbons (Fsp3) is 0.333. The molecule has 0 aromatic heterocycles. The van der Waals surface area contributed by atoms with E-state index >= 15 is 0 Å². The number of aliphatic hydroxyl groups excluding tert-OH is 1. The highest BCUT2D eigenvalue weighted by Gasteiger charge is 2.45. The number of rotatable bonds is 7. The number of aliphatic hydroxyl groups is 1. The van der Waals surface area contributed by atoms with Gasteiger partial charge < -0.3 is 19.6 Å². The summed E-state index contributed by atoms with van der Waals surface area (Å²) in [7, 11) is 5.47. The lowest BCUT2D eigenvalue weighted by molar-refractivity contribution is -0.139. The number of methoxy groups -OCH3 is 1. The fourth-order valence-corrected chi connectivity index (χ4v) is 3.96. The molecule has 2 aromatic carbocycles. The van der Waals surface area contributed by atoms with Crippen LogP contribution in [0.2, 0.25) is 5.02 Å². The van der Waals surface area contributed by atoms with E-state index in [1.54, 1.807) is 54.5 Å². The van der Waals surface area contributed by atoms with Gasteiger partial charge in [-0.1, -0.05) is 23.7 Å². The normalized spacial score (nSPS) is 18.1. The molecule has 0 spiro atoms. The van der Waals surface area contributed by atoms with Crippen LogP contribution in [0.4, 0.5) is 0 Å². The van der Waals surface area contributed by atoms with Crippen molar-refractivity contribution in [3.8, 4) is 5.75 Å². The van der Waals surface area contributed by atoms with Crippen molar-refractivity contribution < 1.29 is 19.4 Å². The van der Waals surface area contributed by atoms with Crippen molar-refractivity contribution in [3.05, 3.63) is 69.8 Å². The number of halogens is 1. The number of benzene rings is 2. The van der Waals surface area contributed by atoms with Crippen molar-refractivity contribution in [2.75, 3.05) is 34.3 Å². The molecule has 0 bridgehead atoms. The van der Waals surface area contributed by atoms with Gasteiger partial charge >= 0.3 is 0 Å². The Morgan fingerprint density at radius 3 is 2.42 bits per heavy atom. The monoisotopic (exact) mass is 442 g/mol. The van der Waals surface area contributed by atoms with Crippen molar-refractivity contribution in [1.82, 2.24) is 9.80 Å². The van der Waals surface area contributed by atoms with Crippen LogP contribution < -0.4 is 4.74 Å². The van der Waals surface area contributed by atoms with Gasteiger partial charge in [-0.2, -0.15) is 0 Å². The minimum absolute atomic E-state index is 0.0884. The van der Waals surface area contributed by atoms with Crippen LogP contribution in [-0.4, -0.2) is 60.9 Å².